The average Bonchev–Trinajstić information content (AvgIpc) is 2.54. The van der Waals surface area contributed by atoms with E-state index in [1.165, 1.54) is 23.5 Å². The molecule has 7 heteroatoms. The summed E-state index contributed by atoms with van der Waals surface area (Å²) in [5.74, 6) is 0.462. The summed E-state index contributed by atoms with van der Waals surface area (Å²) < 4.78 is 37.3. The van der Waals surface area contributed by atoms with E-state index < -0.39 is 10.0 Å². The van der Waals surface area contributed by atoms with Gasteiger partial charge < -0.3 is 9.47 Å². The first-order valence-corrected chi connectivity index (χ1v) is 9.06. The molecule has 1 saturated carbocycles. The number of benzene rings is 1. The van der Waals surface area contributed by atoms with Gasteiger partial charge in [-0.05, 0) is 43.9 Å². The zero-order valence-electron chi connectivity index (χ0n) is 13.1. The van der Waals surface area contributed by atoms with Gasteiger partial charge in [0.25, 0.3) is 0 Å². The lowest BCUT2D eigenvalue weighted by Crippen LogP contribution is -2.40. The molecule has 0 N–H and O–H groups in total. The summed E-state index contributed by atoms with van der Waals surface area (Å²) >= 11 is 6.04. The first-order valence-electron chi connectivity index (χ1n) is 7.24. The fourth-order valence-electron chi connectivity index (χ4n) is 2.81. The molecule has 1 aliphatic carbocycles. The highest BCUT2D eigenvalue weighted by atomic mass is 35.5. The standard InChI is InChI=1S/C15H22ClNO4S/c1-17(11-4-6-12(20-2)7-5-11)22(18,19)13-8-9-15(21-3)14(16)10-13/h8-12H,4-7H2,1-3H3. The maximum atomic E-state index is 12.7. The van der Waals surface area contributed by atoms with Gasteiger partial charge in [0.2, 0.25) is 10.0 Å². The largest absolute Gasteiger partial charge is 0.495 e. The Morgan fingerprint density at radius 1 is 1.18 bits per heavy atom. The van der Waals surface area contributed by atoms with Crippen LogP contribution in [0, 0.1) is 0 Å². The molecule has 124 valence electrons. The predicted octanol–water partition coefficient (Wildman–Crippen LogP) is 2.93. The van der Waals surface area contributed by atoms with Crippen molar-refractivity contribution in [1.82, 2.24) is 4.31 Å². The van der Waals surface area contributed by atoms with Crippen molar-refractivity contribution in [2.24, 2.45) is 0 Å². The number of hydrogen-bond acceptors (Lipinski definition) is 4. The number of nitrogens with zero attached hydrogens (tertiary/aromatic N) is 1. The summed E-state index contributed by atoms with van der Waals surface area (Å²) in [5.41, 5.74) is 0. The number of ether oxygens (including phenoxy) is 2. The van der Waals surface area contributed by atoms with Crippen molar-refractivity contribution in [3.63, 3.8) is 0 Å². The SMILES string of the molecule is COc1ccc(S(=O)(=O)N(C)C2CCC(OC)CC2)cc1Cl. The first kappa shape index (κ1) is 17.5. The van der Waals surface area contributed by atoms with Gasteiger partial charge in [0, 0.05) is 20.2 Å². The fourth-order valence-corrected chi connectivity index (χ4v) is 4.58. The van der Waals surface area contributed by atoms with Crippen LogP contribution in [0.4, 0.5) is 0 Å². The minimum atomic E-state index is -3.56. The third-order valence-corrected chi connectivity index (χ3v) is 6.49. The summed E-state index contributed by atoms with van der Waals surface area (Å²) in [6.45, 7) is 0. The van der Waals surface area contributed by atoms with E-state index in [1.807, 2.05) is 0 Å². The van der Waals surface area contributed by atoms with E-state index in [0.29, 0.717) is 10.8 Å². The Morgan fingerprint density at radius 3 is 2.32 bits per heavy atom. The van der Waals surface area contributed by atoms with Gasteiger partial charge in [0.15, 0.2) is 0 Å². The first-order chi connectivity index (χ1) is 10.4. The lowest BCUT2D eigenvalue weighted by atomic mass is 9.93. The molecule has 1 fully saturated rings. The van der Waals surface area contributed by atoms with E-state index in [-0.39, 0.29) is 17.0 Å². The molecular weight excluding hydrogens is 326 g/mol. The van der Waals surface area contributed by atoms with Gasteiger partial charge in [-0.15, -0.1) is 0 Å². The molecule has 22 heavy (non-hydrogen) atoms. The highest BCUT2D eigenvalue weighted by molar-refractivity contribution is 7.89. The van der Waals surface area contributed by atoms with Gasteiger partial charge in [-0.2, -0.15) is 4.31 Å². The Labute approximate surface area is 137 Å². The quantitative estimate of drug-likeness (QED) is 0.821. The third-order valence-electron chi connectivity index (χ3n) is 4.29. The molecule has 0 bridgehead atoms. The predicted molar refractivity (Wildman–Crippen MR) is 86.0 cm³/mol. The summed E-state index contributed by atoms with van der Waals surface area (Å²) in [4.78, 5) is 0.190. The minimum Gasteiger partial charge on any atom is -0.495 e. The number of halogens is 1. The normalized spacial score (nSPS) is 22.8. The molecule has 0 atom stereocenters. The third kappa shape index (κ3) is 3.56. The molecule has 1 aliphatic rings. The Bertz CT molecular complexity index is 612. The van der Waals surface area contributed by atoms with Crippen LogP contribution in [0.25, 0.3) is 0 Å². The minimum absolute atomic E-state index is 0.00252. The van der Waals surface area contributed by atoms with Crippen molar-refractivity contribution in [1.29, 1.82) is 0 Å². The Balaban J connectivity index is 2.17. The second-order valence-electron chi connectivity index (χ2n) is 5.48. The van der Waals surface area contributed by atoms with Crippen LogP contribution < -0.4 is 4.74 Å². The topological polar surface area (TPSA) is 55.8 Å². The summed E-state index contributed by atoms with van der Waals surface area (Å²) in [6, 6.07) is 4.53. The van der Waals surface area contributed by atoms with E-state index in [9.17, 15) is 8.42 Å². The zero-order chi connectivity index (χ0) is 16.3. The molecule has 0 radical (unpaired) electrons. The van der Waals surface area contributed by atoms with Crippen LogP contribution in [0.3, 0.4) is 0 Å². The van der Waals surface area contributed by atoms with Crippen molar-refractivity contribution in [2.75, 3.05) is 21.3 Å². The van der Waals surface area contributed by atoms with E-state index in [1.54, 1.807) is 20.2 Å². The highest BCUT2D eigenvalue weighted by Gasteiger charge is 2.31. The van der Waals surface area contributed by atoms with Crippen molar-refractivity contribution >= 4 is 21.6 Å². The number of sulfonamides is 1. The molecule has 5 nitrogen and oxygen atoms in total. The lowest BCUT2D eigenvalue weighted by Gasteiger charge is -2.33. The molecule has 0 heterocycles. The molecule has 2 rings (SSSR count). The Morgan fingerprint density at radius 2 is 1.82 bits per heavy atom. The maximum absolute atomic E-state index is 12.7. The Kier molecular flexibility index (Phi) is 5.71. The van der Waals surface area contributed by atoms with E-state index >= 15 is 0 Å². The van der Waals surface area contributed by atoms with Gasteiger partial charge in [0.1, 0.15) is 5.75 Å². The van der Waals surface area contributed by atoms with Gasteiger partial charge in [0.05, 0.1) is 23.1 Å². The highest BCUT2D eigenvalue weighted by Crippen LogP contribution is 2.31. The van der Waals surface area contributed by atoms with Gasteiger partial charge in [-0.3, -0.25) is 0 Å². The zero-order valence-corrected chi connectivity index (χ0v) is 14.7. The summed E-state index contributed by atoms with van der Waals surface area (Å²) in [5, 5.41) is 0.292. The van der Waals surface area contributed by atoms with Crippen LogP contribution in [-0.2, 0) is 14.8 Å². The molecule has 0 amide bonds. The van der Waals surface area contributed by atoms with Crippen LogP contribution >= 0.6 is 11.6 Å². The van der Waals surface area contributed by atoms with Crippen molar-refractivity contribution < 1.29 is 17.9 Å². The van der Waals surface area contributed by atoms with E-state index in [4.69, 9.17) is 21.1 Å². The second kappa shape index (κ2) is 7.17. The molecule has 1 aromatic rings. The molecule has 1 aromatic carbocycles. The second-order valence-corrected chi connectivity index (χ2v) is 7.89. The van der Waals surface area contributed by atoms with Crippen LogP contribution in [0.5, 0.6) is 5.75 Å². The maximum Gasteiger partial charge on any atom is 0.243 e. The smallest absolute Gasteiger partial charge is 0.243 e. The number of rotatable bonds is 5. The molecule has 0 aromatic heterocycles. The fraction of sp³-hybridized carbons (Fsp3) is 0.600. The number of methoxy groups -OCH3 is 2. The Hall–Kier alpha value is -0.820. The lowest BCUT2D eigenvalue weighted by molar-refractivity contribution is 0.0553. The van der Waals surface area contributed by atoms with Gasteiger partial charge in [-0.1, -0.05) is 11.6 Å². The average molecular weight is 348 g/mol. The van der Waals surface area contributed by atoms with Gasteiger partial charge >= 0.3 is 0 Å². The van der Waals surface area contributed by atoms with E-state index in [0.717, 1.165) is 25.7 Å². The molecule has 0 aliphatic heterocycles. The number of hydrogen-bond donors (Lipinski definition) is 0. The van der Waals surface area contributed by atoms with Crippen LogP contribution in [-0.4, -0.2) is 46.1 Å². The van der Waals surface area contributed by atoms with Crippen LogP contribution in [0.15, 0.2) is 23.1 Å². The van der Waals surface area contributed by atoms with Crippen molar-refractivity contribution in [3.8, 4) is 5.75 Å². The van der Waals surface area contributed by atoms with E-state index in [2.05, 4.69) is 0 Å². The molecular formula is C15H22ClNO4S. The van der Waals surface area contributed by atoms with Crippen LogP contribution in [0.1, 0.15) is 25.7 Å². The van der Waals surface area contributed by atoms with Gasteiger partial charge in [-0.25, -0.2) is 8.42 Å². The molecule has 0 unspecified atom stereocenters. The molecule has 0 spiro atoms. The van der Waals surface area contributed by atoms with Crippen molar-refractivity contribution in [2.45, 2.75) is 42.7 Å². The summed E-state index contributed by atoms with van der Waals surface area (Å²) in [6.07, 6.45) is 3.60. The molecule has 0 saturated heterocycles. The monoisotopic (exact) mass is 347 g/mol. The van der Waals surface area contributed by atoms with Crippen molar-refractivity contribution in [3.05, 3.63) is 23.2 Å². The van der Waals surface area contributed by atoms with Crippen LogP contribution in [0.2, 0.25) is 5.02 Å². The summed E-state index contributed by atoms with van der Waals surface area (Å²) in [7, 11) is 1.27.